The lowest BCUT2D eigenvalue weighted by atomic mass is 9.99. The third-order valence-electron chi connectivity index (χ3n) is 3.11. The van der Waals surface area contributed by atoms with Crippen molar-refractivity contribution < 1.29 is 39.6 Å². The molecule has 1 heterocycles. The van der Waals surface area contributed by atoms with Crippen LogP contribution in [0.25, 0.3) is 0 Å². The van der Waals surface area contributed by atoms with Gasteiger partial charge in [0.2, 0.25) is 6.29 Å². The summed E-state index contributed by atoms with van der Waals surface area (Å²) in [5, 5.41) is 48.3. The van der Waals surface area contributed by atoms with E-state index in [1.54, 1.807) is 0 Å². The molecule has 2 rings (SSSR count). The second kappa shape index (κ2) is 6.23. The van der Waals surface area contributed by atoms with Gasteiger partial charge in [-0.25, -0.2) is 4.79 Å². The van der Waals surface area contributed by atoms with E-state index in [0.29, 0.717) is 0 Å². The van der Waals surface area contributed by atoms with Gasteiger partial charge in [-0.2, -0.15) is 0 Å². The number of benzene rings is 1. The number of hydrogen-bond donors (Lipinski definition) is 4. The summed E-state index contributed by atoms with van der Waals surface area (Å²) in [5.41, 5.74) is -0.184. The summed E-state index contributed by atoms with van der Waals surface area (Å²) >= 11 is 0. The number of ether oxygens (including phenoxy) is 2. The molecule has 1 fully saturated rings. The number of nitro benzene ring substituents is 1. The minimum atomic E-state index is -1.82. The summed E-state index contributed by atoms with van der Waals surface area (Å²) in [6, 6.07) is 4.73. The predicted molar refractivity (Wildman–Crippen MR) is 68.0 cm³/mol. The Morgan fingerprint density at radius 2 is 1.73 bits per heavy atom. The van der Waals surface area contributed by atoms with E-state index in [-0.39, 0.29) is 11.4 Å². The van der Waals surface area contributed by atoms with Gasteiger partial charge in [0.15, 0.2) is 6.10 Å². The number of hydrogen-bond acceptors (Lipinski definition) is 8. The highest BCUT2D eigenvalue weighted by atomic mass is 16.7. The van der Waals surface area contributed by atoms with Gasteiger partial charge in [-0.05, 0) is 12.1 Å². The lowest BCUT2D eigenvalue weighted by Gasteiger charge is -2.38. The highest BCUT2D eigenvalue weighted by Gasteiger charge is 2.48. The number of carboxylic acid groups (broad SMARTS) is 1. The molecule has 1 saturated heterocycles. The van der Waals surface area contributed by atoms with Crippen molar-refractivity contribution >= 4 is 11.7 Å². The van der Waals surface area contributed by atoms with E-state index in [1.165, 1.54) is 12.1 Å². The monoisotopic (exact) mass is 315 g/mol. The van der Waals surface area contributed by atoms with Crippen molar-refractivity contribution in [2.75, 3.05) is 0 Å². The molecule has 0 unspecified atom stereocenters. The van der Waals surface area contributed by atoms with E-state index in [4.69, 9.17) is 14.6 Å². The van der Waals surface area contributed by atoms with Crippen LogP contribution in [0.2, 0.25) is 0 Å². The first-order chi connectivity index (χ1) is 10.3. The summed E-state index contributed by atoms with van der Waals surface area (Å²) in [5.74, 6) is -1.47. The Labute approximate surface area is 123 Å². The fraction of sp³-hybridized carbons (Fsp3) is 0.417. The molecule has 0 saturated carbocycles. The first kappa shape index (κ1) is 16.1. The van der Waals surface area contributed by atoms with E-state index in [1.807, 2.05) is 0 Å². The standard InChI is InChI=1S/C12H13NO9/c14-7-8(15)10(11(17)18)22-12(9(7)16)21-6-3-1-5(2-4-6)13(19)20/h1-4,7-10,12,14-16H,(H,17,18)/t7-,8-,9+,10-,12-/m0/s1. The van der Waals surface area contributed by atoms with Crippen LogP contribution < -0.4 is 4.74 Å². The number of nitrogens with zero attached hydrogens (tertiary/aromatic N) is 1. The molecule has 22 heavy (non-hydrogen) atoms. The van der Waals surface area contributed by atoms with Gasteiger partial charge in [0.05, 0.1) is 4.92 Å². The Morgan fingerprint density at radius 3 is 2.23 bits per heavy atom. The Kier molecular flexibility index (Phi) is 4.56. The van der Waals surface area contributed by atoms with Gasteiger partial charge in [0.25, 0.3) is 5.69 Å². The highest BCUT2D eigenvalue weighted by molar-refractivity contribution is 5.73. The van der Waals surface area contributed by atoms with Gasteiger partial charge in [0, 0.05) is 12.1 Å². The van der Waals surface area contributed by atoms with Gasteiger partial charge in [-0.3, -0.25) is 10.1 Å². The van der Waals surface area contributed by atoms with E-state index in [0.717, 1.165) is 12.1 Å². The van der Waals surface area contributed by atoms with Crippen LogP contribution in [0.3, 0.4) is 0 Å². The number of carboxylic acids is 1. The molecule has 4 N–H and O–H groups in total. The maximum absolute atomic E-state index is 10.9. The van der Waals surface area contributed by atoms with Crippen molar-refractivity contribution in [3.63, 3.8) is 0 Å². The Bertz CT molecular complexity index is 560. The van der Waals surface area contributed by atoms with E-state index >= 15 is 0 Å². The maximum atomic E-state index is 10.9. The quantitative estimate of drug-likeness (QED) is 0.398. The van der Waals surface area contributed by atoms with Crippen molar-refractivity contribution in [1.29, 1.82) is 0 Å². The fourth-order valence-electron chi connectivity index (χ4n) is 1.93. The van der Waals surface area contributed by atoms with Crippen LogP contribution in [0.5, 0.6) is 5.75 Å². The fourth-order valence-corrected chi connectivity index (χ4v) is 1.93. The third kappa shape index (κ3) is 3.14. The van der Waals surface area contributed by atoms with E-state index < -0.39 is 41.6 Å². The average Bonchev–Trinajstić information content (AvgIpc) is 2.48. The first-order valence-electron chi connectivity index (χ1n) is 6.15. The van der Waals surface area contributed by atoms with Crippen LogP contribution in [0, 0.1) is 10.1 Å². The zero-order valence-electron chi connectivity index (χ0n) is 11.0. The summed E-state index contributed by atoms with van der Waals surface area (Å²) in [6.45, 7) is 0. The van der Waals surface area contributed by atoms with Crippen LogP contribution in [0.4, 0.5) is 5.69 Å². The van der Waals surface area contributed by atoms with Gasteiger partial charge in [-0.15, -0.1) is 0 Å². The zero-order valence-corrected chi connectivity index (χ0v) is 11.0. The molecule has 10 nitrogen and oxygen atoms in total. The van der Waals surface area contributed by atoms with Crippen molar-refractivity contribution in [1.82, 2.24) is 0 Å². The van der Waals surface area contributed by atoms with Crippen molar-refractivity contribution in [3.8, 4) is 5.75 Å². The summed E-state index contributed by atoms with van der Waals surface area (Å²) in [4.78, 5) is 20.8. The number of non-ortho nitro benzene ring substituents is 1. The SMILES string of the molecule is O=C(O)[C@H]1O[C@H](Oc2ccc([N+](=O)[O-])cc2)[C@H](O)[C@@H](O)[C@@H]1O. The minimum Gasteiger partial charge on any atom is -0.479 e. The van der Waals surface area contributed by atoms with Crippen LogP contribution in [-0.4, -0.2) is 62.0 Å². The smallest absolute Gasteiger partial charge is 0.335 e. The zero-order chi connectivity index (χ0) is 16.4. The number of aliphatic hydroxyl groups excluding tert-OH is 3. The second-order valence-electron chi connectivity index (χ2n) is 4.60. The van der Waals surface area contributed by atoms with Gasteiger partial charge >= 0.3 is 5.97 Å². The van der Waals surface area contributed by atoms with E-state index in [2.05, 4.69) is 0 Å². The maximum Gasteiger partial charge on any atom is 0.335 e. The largest absolute Gasteiger partial charge is 0.479 e. The molecule has 1 aliphatic rings. The highest BCUT2D eigenvalue weighted by Crippen LogP contribution is 2.25. The molecule has 0 bridgehead atoms. The predicted octanol–water partition coefficient (Wildman–Crippen LogP) is -1.13. The van der Waals surface area contributed by atoms with Crippen LogP contribution in [0.1, 0.15) is 0 Å². The number of rotatable bonds is 4. The van der Waals surface area contributed by atoms with Crippen LogP contribution in [-0.2, 0) is 9.53 Å². The van der Waals surface area contributed by atoms with Gasteiger partial charge in [-0.1, -0.05) is 0 Å². The Morgan fingerprint density at radius 1 is 1.14 bits per heavy atom. The molecule has 1 aromatic rings. The van der Waals surface area contributed by atoms with Crippen molar-refractivity contribution in [3.05, 3.63) is 34.4 Å². The molecule has 1 aromatic carbocycles. The van der Waals surface area contributed by atoms with Crippen LogP contribution >= 0.6 is 0 Å². The number of aliphatic hydroxyl groups is 3. The third-order valence-corrected chi connectivity index (χ3v) is 3.11. The molecular formula is C12H13NO9. The van der Waals surface area contributed by atoms with Gasteiger partial charge < -0.3 is 29.9 Å². The number of nitro groups is 1. The molecule has 120 valence electrons. The Balaban J connectivity index is 2.13. The average molecular weight is 315 g/mol. The molecule has 10 heteroatoms. The topological polar surface area (TPSA) is 160 Å². The lowest BCUT2D eigenvalue weighted by molar-refractivity contribution is -0.384. The molecular weight excluding hydrogens is 302 g/mol. The molecule has 5 atom stereocenters. The first-order valence-corrected chi connectivity index (χ1v) is 6.15. The number of aliphatic carboxylic acids is 1. The molecule has 0 spiro atoms. The van der Waals surface area contributed by atoms with Gasteiger partial charge in [0.1, 0.15) is 24.1 Å². The molecule has 1 aliphatic heterocycles. The van der Waals surface area contributed by atoms with E-state index in [9.17, 15) is 30.2 Å². The summed E-state index contributed by atoms with van der Waals surface area (Å²) in [7, 11) is 0. The molecule has 0 amide bonds. The van der Waals surface area contributed by atoms with Crippen molar-refractivity contribution in [2.24, 2.45) is 0 Å². The number of carbonyl (C=O) groups is 1. The minimum absolute atomic E-state index is 0.0578. The normalized spacial score (nSPS) is 31.5. The Hall–Kier alpha value is -2.27. The lowest BCUT2D eigenvalue weighted by Crippen LogP contribution is -2.61. The summed E-state index contributed by atoms with van der Waals surface area (Å²) < 4.78 is 10.1. The van der Waals surface area contributed by atoms with Crippen LogP contribution in [0.15, 0.2) is 24.3 Å². The molecule has 0 radical (unpaired) electrons. The summed E-state index contributed by atoms with van der Waals surface area (Å²) in [6.07, 6.45) is -8.62. The second-order valence-corrected chi connectivity index (χ2v) is 4.60. The molecule has 0 aromatic heterocycles. The molecule has 0 aliphatic carbocycles. The van der Waals surface area contributed by atoms with Crippen molar-refractivity contribution in [2.45, 2.75) is 30.7 Å².